The molecule has 0 radical (unpaired) electrons. The molecule has 0 saturated carbocycles. The number of hydrogen-bond acceptors (Lipinski definition) is 18. The first-order chi connectivity index (χ1) is 40.2. The zero-order valence-corrected chi connectivity index (χ0v) is 48.8. The van der Waals surface area contributed by atoms with Gasteiger partial charge in [-0.3, -0.25) is 43.2 Å². The van der Waals surface area contributed by atoms with Crippen molar-refractivity contribution in [3.8, 4) is 0 Å². The highest BCUT2D eigenvalue weighted by atomic mass is 16.5. The first-order valence-electron chi connectivity index (χ1n) is 27.9. The number of ether oxygens (including phenoxy) is 1. The van der Waals surface area contributed by atoms with Crippen molar-refractivity contribution in [2.75, 3.05) is 19.8 Å². The van der Waals surface area contributed by atoms with Crippen LogP contribution in [0.5, 0.6) is 0 Å². The number of fused-ring (bicyclic) bond motifs is 1. The van der Waals surface area contributed by atoms with Crippen LogP contribution in [0.1, 0.15) is 85.8 Å². The molecule has 1 aliphatic rings. The number of carbonyl (C=O) groups is 10. The molecule has 1 saturated heterocycles. The third kappa shape index (κ3) is 18.9. The van der Waals surface area contributed by atoms with Crippen LogP contribution in [-0.2, 0) is 59.1 Å². The second kappa shape index (κ2) is 32.7. The number of rotatable bonds is 16. The molecule has 4 rings (SSSR count). The molecule has 28 nitrogen and oxygen atoms in total. The normalized spacial score (nSPS) is 25.1. The highest BCUT2D eigenvalue weighted by Gasteiger charge is 2.42. The highest BCUT2D eigenvalue weighted by Crippen LogP contribution is 2.26. The predicted molar refractivity (Wildman–Crippen MR) is 309 cm³/mol. The zero-order chi connectivity index (χ0) is 63.4. The van der Waals surface area contributed by atoms with Gasteiger partial charge in [-0.15, -0.1) is 0 Å². The number of para-hydroxylation sites is 1. The summed E-state index contributed by atoms with van der Waals surface area (Å²) in [6.45, 7) is 9.39. The molecule has 0 bridgehead atoms. The molecule has 1 aromatic heterocycles. The number of nitrogens with two attached hydrogens (primary N) is 2. The van der Waals surface area contributed by atoms with E-state index >= 15 is 0 Å². The van der Waals surface area contributed by atoms with Gasteiger partial charge in [0.05, 0.1) is 31.5 Å². The number of esters is 1. The lowest BCUT2D eigenvalue weighted by molar-refractivity contribution is -0.160. The van der Waals surface area contributed by atoms with Gasteiger partial charge in [-0.2, -0.15) is 0 Å². The summed E-state index contributed by atoms with van der Waals surface area (Å²) in [5.74, 6) is -15.1. The van der Waals surface area contributed by atoms with Crippen LogP contribution in [0.15, 0.2) is 78.3 Å². The Hall–Kier alpha value is -8.28. The number of carbonyl (C=O) groups excluding carboxylic acids is 10. The van der Waals surface area contributed by atoms with Crippen molar-refractivity contribution in [1.82, 2.24) is 52.8 Å². The fraction of sp³-hybridized carbons (Fsp3) is 0.509. The number of aromatic amines is 1. The molecule has 9 amide bonds. The van der Waals surface area contributed by atoms with Crippen molar-refractivity contribution in [3.05, 3.63) is 89.4 Å². The number of nitrogens with one attached hydrogen (secondary N) is 10. The third-order valence-electron chi connectivity index (χ3n) is 14.2. The van der Waals surface area contributed by atoms with Crippen molar-refractivity contribution in [1.29, 1.82) is 0 Å². The van der Waals surface area contributed by atoms with Crippen molar-refractivity contribution >= 4 is 75.8 Å². The maximum Gasteiger partial charge on any atom is 0.329 e. The van der Waals surface area contributed by atoms with Gasteiger partial charge in [0.25, 0.3) is 11.8 Å². The minimum Gasteiger partial charge on any atom is -0.505 e. The summed E-state index contributed by atoms with van der Waals surface area (Å²) < 4.78 is 6.09. The molecule has 19 N–H and O–H groups in total. The van der Waals surface area contributed by atoms with Crippen LogP contribution < -0.4 is 59.3 Å². The summed E-state index contributed by atoms with van der Waals surface area (Å²) in [4.78, 5) is 146. The average Bonchev–Trinajstić information content (AvgIpc) is 3.29. The summed E-state index contributed by atoms with van der Waals surface area (Å²) in [5, 5.41) is 76.7. The molecule has 85 heavy (non-hydrogen) atoms. The molecule has 0 spiro atoms. The quantitative estimate of drug-likeness (QED) is 0.0393. The summed E-state index contributed by atoms with van der Waals surface area (Å²) in [6, 6.07) is 0.426. The molecule has 12 atom stereocenters. The highest BCUT2D eigenvalue weighted by molar-refractivity contribution is 6.08. The molecule has 466 valence electrons. The molecule has 12 unspecified atom stereocenters. The fourth-order valence-corrected chi connectivity index (χ4v) is 8.79. The van der Waals surface area contributed by atoms with E-state index < -0.39 is 174 Å². The van der Waals surface area contributed by atoms with Gasteiger partial charge < -0.3 is 94.6 Å². The van der Waals surface area contributed by atoms with E-state index in [2.05, 4.69) is 52.8 Å². The second-order valence-electron chi connectivity index (χ2n) is 21.3. The summed E-state index contributed by atoms with van der Waals surface area (Å²) in [7, 11) is 0. The number of amides is 9. The minimum atomic E-state index is -2.00. The Morgan fingerprint density at radius 1 is 0.706 bits per heavy atom. The van der Waals surface area contributed by atoms with Gasteiger partial charge in [0, 0.05) is 29.1 Å². The van der Waals surface area contributed by atoms with Gasteiger partial charge in [-0.1, -0.05) is 103 Å². The standard InChI is InChI=1S/C57H82N12O16/c1-9-29(7)40(59)52(79)69-44-47(28(5)6)85-57(84)37(23-31-17-12-11-13-18-31)63-49(76)36(21-16-22-58)62-55(82)43(46(74)33-24-60-35-20-15-14-19-32(33)35)68-50(77)38(25-70)64-48(75)34(10-2)61-54(81)42(45(73)27(3)4)67-51(78)39(26-71)65-53(80)41(30(8)72)66-56(44)83/h10-15,17-20,24,27-30,36-42,44-45,47,60,70-74H,9,16,21-23,25-26,58-59H2,1-8H3,(H,61,81)(H,62,82)(H,63,76)(H,64,75)(H,65,80)(H,66,83)(H,67,78)(H,68,77)(H,69,79)/b34-10-,46-43-. The van der Waals surface area contributed by atoms with E-state index in [0.717, 1.165) is 13.0 Å². The number of benzene rings is 2. The van der Waals surface area contributed by atoms with E-state index in [4.69, 9.17) is 16.2 Å². The van der Waals surface area contributed by atoms with Gasteiger partial charge in [0.1, 0.15) is 59.8 Å². The van der Waals surface area contributed by atoms with E-state index in [1.54, 1.807) is 68.4 Å². The molecule has 28 heteroatoms. The lowest BCUT2D eigenvalue weighted by Crippen LogP contribution is -2.65. The number of hydrogen-bond donors (Lipinski definition) is 17. The van der Waals surface area contributed by atoms with E-state index in [1.807, 2.05) is 0 Å². The van der Waals surface area contributed by atoms with Gasteiger partial charge in [0.15, 0.2) is 5.76 Å². The molecule has 1 aliphatic heterocycles. The smallest absolute Gasteiger partial charge is 0.329 e. The molecule has 3 aromatic rings. The van der Waals surface area contributed by atoms with Gasteiger partial charge in [-0.05, 0) is 62.6 Å². The van der Waals surface area contributed by atoms with Crippen LogP contribution in [0, 0.1) is 17.8 Å². The van der Waals surface area contributed by atoms with E-state index in [-0.39, 0.29) is 31.4 Å². The van der Waals surface area contributed by atoms with Crippen LogP contribution in [0.25, 0.3) is 16.7 Å². The first kappa shape index (κ1) is 69.2. The van der Waals surface area contributed by atoms with Crippen molar-refractivity contribution in [2.24, 2.45) is 29.2 Å². The van der Waals surface area contributed by atoms with Gasteiger partial charge in [-0.25, -0.2) is 4.79 Å². The molecule has 0 aliphatic carbocycles. The van der Waals surface area contributed by atoms with Gasteiger partial charge >= 0.3 is 5.97 Å². The van der Waals surface area contributed by atoms with Gasteiger partial charge in [0.2, 0.25) is 41.4 Å². The SMILES string of the molecule is C/C=C1\NC(=O)C(C(O)C(C)C)NC(=O)C(CO)NC(=O)C(C(C)O)NC(=O)C(NC(=O)C(N)C(C)CC)C(C(C)C)OC(=O)C(Cc2ccccc2)NC(=O)C(CCCN)NC(=O)/C(=C(/O)c2c[nH]c3ccccc23)NC(=O)C(CO)NC1=O. The molecule has 2 aromatic carbocycles. The Bertz CT molecular complexity index is 2910. The number of cyclic esters (lactones) is 1. The molecule has 1 fully saturated rings. The predicted octanol–water partition coefficient (Wildman–Crippen LogP) is -2.76. The van der Waals surface area contributed by atoms with E-state index in [9.17, 15) is 73.5 Å². The number of allylic oxidation sites excluding steroid dienone is 1. The Balaban J connectivity index is 1.98. The van der Waals surface area contributed by atoms with Crippen LogP contribution in [0.3, 0.4) is 0 Å². The van der Waals surface area contributed by atoms with Crippen molar-refractivity contribution < 1.29 is 78.2 Å². The van der Waals surface area contributed by atoms with Crippen LogP contribution in [0.2, 0.25) is 0 Å². The number of aliphatic hydroxyl groups is 5. The average molecular weight is 1190 g/mol. The Morgan fingerprint density at radius 2 is 1.29 bits per heavy atom. The Labute approximate surface area is 491 Å². The second-order valence-corrected chi connectivity index (χ2v) is 21.3. The maximum atomic E-state index is 14.8. The first-order valence-corrected chi connectivity index (χ1v) is 27.9. The maximum absolute atomic E-state index is 14.8. The lowest BCUT2D eigenvalue weighted by atomic mass is 9.95. The summed E-state index contributed by atoms with van der Waals surface area (Å²) >= 11 is 0. The number of aliphatic hydroxyl groups excluding tert-OH is 5. The van der Waals surface area contributed by atoms with E-state index in [0.29, 0.717) is 22.9 Å². The van der Waals surface area contributed by atoms with Crippen LogP contribution >= 0.6 is 0 Å². The Kier molecular flexibility index (Phi) is 26.6. The van der Waals surface area contributed by atoms with Crippen LogP contribution in [0.4, 0.5) is 0 Å². The zero-order valence-electron chi connectivity index (χ0n) is 48.8. The van der Waals surface area contributed by atoms with Crippen molar-refractivity contribution in [2.45, 2.75) is 148 Å². The monoisotopic (exact) mass is 1190 g/mol. The van der Waals surface area contributed by atoms with Crippen LogP contribution in [-0.4, -0.2) is 176 Å². The molecular formula is C57H82N12O16. The summed E-state index contributed by atoms with van der Waals surface area (Å²) in [6.07, 6.45) is -2.87. The molecule has 2 heterocycles. The fourth-order valence-electron chi connectivity index (χ4n) is 8.79. The third-order valence-corrected chi connectivity index (χ3v) is 14.2. The summed E-state index contributed by atoms with van der Waals surface area (Å²) in [5.41, 5.74) is 11.6. The Morgan fingerprint density at radius 3 is 1.88 bits per heavy atom. The largest absolute Gasteiger partial charge is 0.505 e. The van der Waals surface area contributed by atoms with Crippen molar-refractivity contribution in [3.63, 3.8) is 0 Å². The topological polar surface area (TPSA) is 457 Å². The number of aromatic nitrogens is 1. The minimum absolute atomic E-state index is 0.0270. The lowest BCUT2D eigenvalue weighted by Gasteiger charge is -2.34. The number of H-pyrrole nitrogens is 1. The molecular weight excluding hydrogens is 1110 g/mol. The van der Waals surface area contributed by atoms with E-state index in [1.165, 1.54) is 40.8 Å².